The summed E-state index contributed by atoms with van der Waals surface area (Å²) in [5.74, 6) is -0.202. The Kier molecular flexibility index (Phi) is 3.97. The highest BCUT2D eigenvalue weighted by Crippen LogP contribution is 2.21. The first kappa shape index (κ1) is 15.4. The third-order valence-corrected chi connectivity index (χ3v) is 4.50. The van der Waals surface area contributed by atoms with Crippen molar-refractivity contribution >= 4 is 27.4 Å². The molecule has 10 heteroatoms. The number of nitrogens with one attached hydrogen (secondary N) is 1. The summed E-state index contributed by atoms with van der Waals surface area (Å²) in [5.41, 5.74) is 0. The number of nitrogens with zero attached hydrogens (tertiary/aromatic N) is 4. The molecular weight excluding hydrogens is 345 g/mol. The van der Waals surface area contributed by atoms with Gasteiger partial charge in [-0.05, 0) is 18.2 Å². The van der Waals surface area contributed by atoms with Crippen LogP contribution in [0.5, 0.6) is 0 Å². The topological polar surface area (TPSA) is 89.8 Å². The highest BCUT2D eigenvalue weighted by Gasteiger charge is 2.17. The van der Waals surface area contributed by atoms with Gasteiger partial charge in [0, 0.05) is 18.5 Å². The van der Waals surface area contributed by atoms with Crippen LogP contribution in [0.1, 0.15) is 0 Å². The lowest BCUT2D eigenvalue weighted by atomic mass is 10.3. The fourth-order valence-corrected chi connectivity index (χ4v) is 3.05. The summed E-state index contributed by atoms with van der Waals surface area (Å²) in [5, 5.41) is -0.283. The molecule has 7 nitrogen and oxygen atoms in total. The van der Waals surface area contributed by atoms with E-state index in [2.05, 4.69) is 19.7 Å². The number of hydrogen-bond donors (Lipinski definition) is 1. The van der Waals surface area contributed by atoms with Crippen molar-refractivity contribution in [3.63, 3.8) is 0 Å². The van der Waals surface area contributed by atoms with Crippen molar-refractivity contribution in [2.24, 2.45) is 0 Å². The molecule has 0 fully saturated rings. The molecule has 2 aromatic heterocycles. The van der Waals surface area contributed by atoms with Crippen molar-refractivity contribution in [1.82, 2.24) is 19.5 Å². The molecule has 0 atom stereocenters. The first-order chi connectivity index (χ1) is 11.0. The monoisotopic (exact) mass is 353 g/mol. The van der Waals surface area contributed by atoms with Crippen LogP contribution in [0.4, 0.5) is 10.2 Å². The van der Waals surface area contributed by atoms with Crippen LogP contribution in [0, 0.1) is 5.82 Å². The lowest BCUT2D eigenvalue weighted by molar-refractivity contribution is 0.599. The molecule has 2 heterocycles. The maximum atomic E-state index is 13.1. The molecule has 0 amide bonds. The Labute approximate surface area is 135 Å². The van der Waals surface area contributed by atoms with Gasteiger partial charge in [-0.3, -0.25) is 9.29 Å². The Bertz CT molecular complexity index is 947. The van der Waals surface area contributed by atoms with Gasteiger partial charge in [-0.2, -0.15) is 0 Å². The highest BCUT2D eigenvalue weighted by molar-refractivity contribution is 7.92. The SMILES string of the molecule is O=S(=O)(Nc1cc(-n2ccnc2)ncn1)c1ccc(F)c(Cl)c1. The molecule has 0 saturated carbocycles. The van der Waals surface area contributed by atoms with Crippen LogP contribution in [0.2, 0.25) is 5.02 Å². The molecule has 3 aromatic rings. The van der Waals surface area contributed by atoms with Gasteiger partial charge < -0.3 is 0 Å². The second-order valence-corrected chi connectivity index (χ2v) is 6.50. The summed E-state index contributed by atoms with van der Waals surface area (Å²) in [7, 11) is -3.95. The van der Waals surface area contributed by atoms with E-state index in [-0.39, 0.29) is 15.7 Å². The van der Waals surface area contributed by atoms with E-state index >= 15 is 0 Å². The summed E-state index contributed by atoms with van der Waals surface area (Å²) in [4.78, 5) is 11.6. The molecule has 1 N–H and O–H groups in total. The summed E-state index contributed by atoms with van der Waals surface area (Å²) in [6.07, 6.45) is 5.94. The fraction of sp³-hybridized carbons (Fsp3) is 0. The maximum Gasteiger partial charge on any atom is 0.263 e. The second-order valence-electron chi connectivity index (χ2n) is 4.41. The van der Waals surface area contributed by atoms with E-state index in [4.69, 9.17) is 11.6 Å². The summed E-state index contributed by atoms with van der Waals surface area (Å²) in [6, 6.07) is 4.55. The largest absolute Gasteiger partial charge is 0.290 e. The molecule has 0 radical (unpaired) electrons. The quantitative estimate of drug-likeness (QED) is 0.777. The van der Waals surface area contributed by atoms with Gasteiger partial charge in [-0.15, -0.1) is 0 Å². The number of sulfonamides is 1. The molecule has 118 valence electrons. The number of hydrogen-bond acceptors (Lipinski definition) is 5. The standard InChI is InChI=1S/C13H9ClFN5O2S/c14-10-5-9(1-2-11(10)15)23(21,22)19-12-6-13(18-7-17-12)20-4-3-16-8-20/h1-8H,(H,17,18,19). The van der Waals surface area contributed by atoms with Gasteiger partial charge in [0.1, 0.15) is 30.1 Å². The molecule has 1 aromatic carbocycles. The van der Waals surface area contributed by atoms with Gasteiger partial charge in [0.15, 0.2) is 0 Å². The molecule has 23 heavy (non-hydrogen) atoms. The van der Waals surface area contributed by atoms with E-state index in [0.29, 0.717) is 5.82 Å². The van der Waals surface area contributed by atoms with Crippen molar-refractivity contribution in [3.8, 4) is 5.82 Å². The zero-order valence-corrected chi connectivity index (χ0v) is 13.0. The van der Waals surface area contributed by atoms with Crippen LogP contribution in [0.25, 0.3) is 5.82 Å². The Morgan fingerprint density at radius 2 is 2.04 bits per heavy atom. The maximum absolute atomic E-state index is 13.1. The minimum Gasteiger partial charge on any atom is -0.290 e. The lowest BCUT2D eigenvalue weighted by Crippen LogP contribution is -2.14. The van der Waals surface area contributed by atoms with Crippen molar-refractivity contribution < 1.29 is 12.8 Å². The van der Waals surface area contributed by atoms with Gasteiger partial charge in [-0.25, -0.2) is 27.8 Å². The molecule has 0 aliphatic rings. The second kappa shape index (κ2) is 5.94. The predicted octanol–water partition coefficient (Wildman–Crippen LogP) is 2.26. The van der Waals surface area contributed by atoms with Crippen LogP contribution < -0.4 is 4.72 Å². The van der Waals surface area contributed by atoms with Crippen LogP contribution in [0.15, 0.2) is 54.2 Å². The molecule has 0 bridgehead atoms. The van der Waals surface area contributed by atoms with Gasteiger partial charge in [0.05, 0.1) is 9.92 Å². The number of benzene rings is 1. The number of anilines is 1. The van der Waals surface area contributed by atoms with Crippen LogP contribution in [-0.2, 0) is 10.0 Å². The van der Waals surface area contributed by atoms with Gasteiger partial charge >= 0.3 is 0 Å². The molecule has 0 spiro atoms. The fourth-order valence-electron chi connectivity index (χ4n) is 1.78. The molecular formula is C13H9ClFN5O2S. The third-order valence-electron chi connectivity index (χ3n) is 2.86. The van der Waals surface area contributed by atoms with Crippen LogP contribution in [-0.4, -0.2) is 27.9 Å². The molecule has 0 unspecified atom stereocenters. The lowest BCUT2D eigenvalue weighted by Gasteiger charge is -2.09. The van der Waals surface area contributed by atoms with Crippen LogP contribution in [0.3, 0.4) is 0 Å². The average Bonchev–Trinajstić information content (AvgIpc) is 3.04. The Morgan fingerprint density at radius 3 is 2.74 bits per heavy atom. The summed E-state index contributed by atoms with van der Waals surface area (Å²) < 4.78 is 41.6. The van der Waals surface area contributed by atoms with E-state index in [9.17, 15) is 12.8 Å². The predicted molar refractivity (Wildman–Crippen MR) is 81.4 cm³/mol. The van der Waals surface area contributed by atoms with E-state index in [0.717, 1.165) is 18.2 Å². The molecule has 0 saturated heterocycles. The average molecular weight is 354 g/mol. The first-order valence-electron chi connectivity index (χ1n) is 6.24. The van der Waals surface area contributed by atoms with Gasteiger partial charge in [0.25, 0.3) is 10.0 Å². The number of aromatic nitrogens is 4. The highest BCUT2D eigenvalue weighted by atomic mass is 35.5. The minimum atomic E-state index is -3.95. The van der Waals surface area contributed by atoms with Gasteiger partial charge in [0.2, 0.25) is 0 Å². The summed E-state index contributed by atoms with van der Waals surface area (Å²) >= 11 is 5.61. The first-order valence-corrected chi connectivity index (χ1v) is 8.10. The Hall–Kier alpha value is -2.52. The molecule has 0 aliphatic carbocycles. The zero-order chi connectivity index (χ0) is 16.4. The number of imidazole rings is 1. The Morgan fingerprint density at radius 1 is 1.22 bits per heavy atom. The van der Waals surface area contributed by atoms with E-state index in [1.807, 2.05) is 0 Å². The minimum absolute atomic E-state index is 0.0594. The number of halogens is 2. The molecule has 0 aliphatic heterocycles. The number of rotatable bonds is 4. The van der Waals surface area contributed by atoms with E-state index < -0.39 is 15.8 Å². The normalized spacial score (nSPS) is 11.4. The van der Waals surface area contributed by atoms with Crippen LogP contribution >= 0.6 is 11.6 Å². The van der Waals surface area contributed by atoms with E-state index in [1.165, 1.54) is 18.7 Å². The van der Waals surface area contributed by atoms with Gasteiger partial charge in [-0.1, -0.05) is 11.6 Å². The molecule has 3 rings (SSSR count). The van der Waals surface area contributed by atoms with E-state index in [1.54, 1.807) is 17.0 Å². The third kappa shape index (κ3) is 3.30. The smallest absolute Gasteiger partial charge is 0.263 e. The Balaban J connectivity index is 1.91. The van der Waals surface area contributed by atoms with Crippen molar-refractivity contribution in [1.29, 1.82) is 0 Å². The summed E-state index contributed by atoms with van der Waals surface area (Å²) in [6.45, 7) is 0. The van der Waals surface area contributed by atoms with Crippen molar-refractivity contribution in [2.75, 3.05) is 4.72 Å². The van der Waals surface area contributed by atoms with Crippen molar-refractivity contribution in [3.05, 3.63) is 60.2 Å². The van der Waals surface area contributed by atoms with Crippen molar-refractivity contribution in [2.45, 2.75) is 4.90 Å². The zero-order valence-electron chi connectivity index (χ0n) is 11.4.